The molecule has 1 N–H and O–H groups in total. The van der Waals surface area contributed by atoms with Gasteiger partial charge in [0.15, 0.2) is 11.5 Å². The summed E-state index contributed by atoms with van der Waals surface area (Å²) in [6.07, 6.45) is 0.665. The molecule has 3 nitrogen and oxygen atoms in total. The first-order valence-electron chi connectivity index (χ1n) is 6.76. The Hall–Kier alpha value is -1.59. The van der Waals surface area contributed by atoms with E-state index >= 15 is 0 Å². The average Bonchev–Trinajstić information content (AvgIpc) is 2.94. The number of hydrogen-bond acceptors (Lipinski definition) is 3. The quantitative estimate of drug-likeness (QED) is 0.834. The van der Waals surface area contributed by atoms with Gasteiger partial charge < -0.3 is 14.8 Å². The van der Waals surface area contributed by atoms with Crippen molar-refractivity contribution in [2.75, 3.05) is 13.3 Å². The minimum absolute atomic E-state index is 0.148. The lowest BCUT2D eigenvalue weighted by molar-refractivity contribution is 0.173. The predicted octanol–water partition coefficient (Wildman–Crippen LogP) is 3.65. The monoisotopic (exact) mass is 351 g/mol. The van der Waals surface area contributed by atoms with Crippen LogP contribution in [0.5, 0.6) is 11.5 Å². The van der Waals surface area contributed by atoms with Gasteiger partial charge in [-0.05, 0) is 58.2 Å². The molecule has 0 aromatic heterocycles. The van der Waals surface area contributed by atoms with Gasteiger partial charge in [0.2, 0.25) is 6.79 Å². The molecule has 2 aromatic carbocycles. The lowest BCUT2D eigenvalue weighted by Crippen LogP contribution is -2.17. The molecule has 1 heterocycles. The van der Waals surface area contributed by atoms with Crippen molar-refractivity contribution in [2.45, 2.75) is 13.0 Å². The molecular formula is C16H15BrFNO2. The van der Waals surface area contributed by atoms with Crippen LogP contribution >= 0.6 is 15.9 Å². The fraction of sp³-hybridized carbons (Fsp3) is 0.250. The molecule has 0 aliphatic carbocycles. The number of nitrogens with one attached hydrogen (secondary N) is 1. The van der Waals surface area contributed by atoms with Crippen LogP contribution in [0.4, 0.5) is 4.39 Å². The van der Waals surface area contributed by atoms with Gasteiger partial charge in [0, 0.05) is 6.54 Å². The number of hydrogen-bond donors (Lipinski definition) is 1. The van der Waals surface area contributed by atoms with Gasteiger partial charge in [-0.3, -0.25) is 0 Å². The minimum atomic E-state index is -0.148. The predicted molar refractivity (Wildman–Crippen MR) is 82.1 cm³/mol. The zero-order valence-corrected chi connectivity index (χ0v) is 13.0. The summed E-state index contributed by atoms with van der Waals surface area (Å²) in [5.41, 5.74) is 1.83. The van der Waals surface area contributed by atoms with Gasteiger partial charge in [-0.15, -0.1) is 0 Å². The summed E-state index contributed by atoms with van der Waals surface area (Å²) >= 11 is 3.47. The Morgan fingerprint density at radius 3 is 2.90 bits per heavy atom. The molecule has 0 bridgehead atoms. The molecule has 2 aromatic rings. The van der Waals surface area contributed by atoms with Crippen molar-refractivity contribution in [1.82, 2.24) is 5.32 Å². The van der Waals surface area contributed by atoms with Crippen molar-refractivity contribution >= 4 is 15.9 Å². The second-order valence-corrected chi connectivity index (χ2v) is 5.68. The van der Waals surface area contributed by atoms with Crippen LogP contribution in [0.25, 0.3) is 0 Å². The second kappa shape index (κ2) is 6.45. The van der Waals surface area contributed by atoms with Crippen molar-refractivity contribution in [2.24, 2.45) is 0 Å². The summed E-state index contributed by atoms with van der Waals surface area (Å²) in [5, 5.41) is 3.31. The van der Waals surface area contributed by atoms with E-state index in [4.69, 9.17) is 9.47 Å². The molecule has 1 aliphatic rings. The molecule has 0 amide bonds. The van der Waals surface area contributed by atoms with E-state index in [9.17, 15) is 4.39 Å². The van der Waals surface area contributed by atoms with Gasteiger partial charge in [0.25, 0.3) is 0 Å². The van der Waals surface area contributed by atoms with Crippen molar-refractivity contribution < 1.29 is 13.9 Å². The Morgan fingerprint density at radius 2 is 2.05 bits per heavy atom. The Labute approximate surface area is 131 Å². The van der Waals surface area contributed by atoms with Gasteiger partial charge >= 0.3 is 0 Å². The highest BCUT2D eigenvalue weighted by Crippen LogP contribution is 2.39. The minimum Gasteiger partial charge on any atom is -0.454 e. The number of halogens is 2. The van der Waals surface area contributed by atoms with E-state index in [2.05, 4.69) is 21.2 Å². The summed E-state index contributed by atoms with van der Waals surface area (Å²) in [6, 6.07) is 10.8. The Balaban J connectivity index is 1.54. The van der Waals surface area contributed by atoms with E-state index in [1.54, 1.807) is 6.07 Å². The van der Waals surface area contributed by atoms with E-state index in [0.717, 1.165) is 27.1 Å². The first-order valence-corrected chi connectivity index (χ1v) is 7.55. The summed E-state index contributed by atoms with van der Waals surface area (Å²) in [4.78, 5) is 0. The zero-order chi connectivity index (χ0) is 14.7. The van der Waals surface area contributed by atoms with Crippen LogP contribution in [0, 0.1) is 5.82 Å². The van der Waals surface area contributed by atoms with Crippen LogP contribution in [0.15, 0.2) is 40.9 Å². The van der Waals surface area contributed by atoms with Crippen LogP contribution in [0.2, 0.25) is 0 Å². The lowest BCUT2D eigenvalue weighted by Gasteiger charge is -2.08. The van der Waals surface area contributed by atoms with Crippen molar-refractivity contribution in [1.29, 1.82) is 0 Å². The van der Waals surface area contributed by atoms with E-state index in [1.807, 2.05) is 24.3 Å². The highest BCUT2D eigenvalue weighted by molar-refractivity contribution is 9.10. The third-order valence-electron chi connectivity index (χ3n) is 3.35. The van der Waals surface area contributed by atoms with Gasteiger partial charge in [0.05, 0.1) is 4.47 Å². The Morgan fingerprint density at radius 1 is 1.19 bits per heavy atom. The van der Waals surface area contributed by atoms with Gasteiger partial charge in [0.1, 0.15) is 5.82 Å². The molecule has 1 aliphatic heterocycles. The van der Waals surface area contributed by atoms with E-state index in [-0.39, 0.29) is 12.6 Å². The van der Waals surface area contributed by atoms with Crippen LogP contribution in [0.1, 0.15) is 11.1 Å². The first kappa shape index (κ1) is 14.4. The maximum atomic E-state index is 13.5. The second-order valence-electron chi connectivity index (χ2n) is 4.83. The standard InChI is InChI=1S/C16H15BrFNO2/c17-13-7-11(8-15-16(13)21-10-20-15)9-19-6-5-12-3-1-2-4-14(12)18/h1-4,7-8,19H,5-6,9-10H2. The van der Waals surface area contributed by atoms with Crippen LogP contribution in [-0.4, -0.2) is 13.3 Å². The number of ether oxygens (including phenoxy) is 2. The molecule has 0 fully saturated rings. The van der Waals surface area contributed by atoms with Crippen LogP contribution in [0.3, 0.4) is 0 Å². The molecule has 0 atom stereocenters. The molecule has 21 heavy (non-hydrogen) atoms. The molecule has 0 saturated carbocycles. The van der Waals surface area contributed by atoms with Crippen LogP contribution in [-0.2, 0) is 13.0 Å². The highest BCUT2D eigenvalue weighted by atomic mass is 79.9. The van der Waals surface area contributed by atoms with E-state index < -0.39 is 0 Å². The van der Waals surface area contributed by atoms with Gasteiger partial charge in [-0.1, -0.05) is 18.2 Å². The van der Waals surface area contributed by atoms with Gasteiger partial charge in [-0.2, -0.15) is 0 Å². The molecule has 5 heteroatoms. The smallest absolute Gasteiger partial charge is 0.231 e. The van der Waals surface area contributed by atoms with E-state index in [0.29, 0.717) is 19.5 Å². The largest absolute Gasteiger partial charge is 0.454 e. The van der Waals surface area contributed by atoms with Crippen molar-refractivity contribution in [3.8, 4) is 11.5 Å². The molecule has 0 radical (unpaired) electrons. The maximum absolute atomic E-state index is 13.5. The number of benzene rings is 2. The SMILES string of the molecule is Fc1ccccc1CCNCc1cc(Br)c2c(c1)OCO2. The molecule has 110 valence electrons. The summed E-state index contributed by atoms with van der Waals surface area (Å²) in [5.74, 6) is 1.37. The topological polar surface area (TPSA) is 30.5 Å². The molecule has 0 spiro atoms. The first-order chi connectivity index (χ1) is 10.2. The molecular weight excluding hydrogens is 337 g/mol. The number of fused-ring (bicyclic) bond motifs is 1. The lowest BCUT2D eigenvalue weighted by atomic mass is 10.1. The zero-order valence-electron chi connectivity index (χ0n) is 11.4. The van der Waals surface area contributed by atoms with Crippen LogP contribution < -0.4 is 14.8 Å². The molecule has 0 unspecified atom stereocenters. The fourth-order valence-corrected chi connectivity index (χ4v) is 2.88. The summed E-state index contributed by atoms with van der Waals surface area (Å²) in [6.45, 7) is 1.68. The summed E-state index contributed by atoms with van der Waals surface area (Å²) < 4.78 is 25.1. The Kier molecular flexibility index (Phi) is 4.41. The van der Waals surface area contributed by atoms with Crippen molar-refractivity contribution in [3.63, 3.8) is 0 Å². The number of rotatable bonds is 5. The third-order valence-corrected chi connectivity index (χ3v) is 3.93. The normalized spacial score (nSPS) is 12.7. The van der Waals surface area contributed by atoms with Gasteiger partial charge in [-0.25, -0.2) is 4.39 Å². The Bertz CT molecular complexity index is 648. The molecule has 3 rings (SSSR count). The molecule has 0 saturated heterocycles. The maximum Gasteiger partial charge on any atom is 0.231 e. The van der Waals surface area contributed by atoms with E-state index in [1.165, 1.54) is 6.07 Å². The highest BCUT2D eigenvalue weighted by Gasteiger charge is 2.17. The average molecular weight is 352 g/mol. The third kappa shape index (κ3) is 3.36. The van der Waals surface area contributed by atoms with Crippen molar-refractivity contribution in [3.05, 3.63) is 57.8 Å². The fourth-order valence-electron chi connectivity index (χ4n) is 2.28. The summed E-state index contributed by atoms with van der Waals surface area (Å²) in [7, 11) is 0.